The summed E-state index contributed by atoms with van der Waals surface area (Å²) < 4.78 is 8.68. The van der Waals surface area contributed by atoms with Crippen LogP contribution in [0.25, 0.3) is 0 Å². The number of ether oxygens (including phenoxy) is 1. The summed E-state index contributed by atoms with van der Waals surface area (Å²) in [6.45, 7) is 7.67. The lowest BCUT2D eigenvalue weighted by Gasteiger charge is -2.17. The number of nitrogens with zero attached hydrogens (tertiary/aromatic N) is 4. The molecule has 1 unspecified atom stereocenters. The van der Waals surface area contributed by atoms with Crippen molar-refractivity contribution in [1.29, 1.82) is 0 Å². The molecular weight excluding hydrogens is 440 g/mol. The molecule has 33 heavy (non-hydrogen) atoms. The fraction of sp³-hybridized carbons (Fsp3) is 0.417. The molecule has 2 aromatic heterocycles. The average molecular weight is 471 g/mol. The molecule has 0 spiro atoms. The Morgan fingerprint density at radius 2 is 2.03 bits per heavy atom. The number of aryl methyl sites for hydroxylation is 2. The first kappa shape index (κ1) is 24.6. The molecule has 0 bridgehead atoms. The second-order valence-electron chi connectivity index (χ2n) is 8.16. The normalized spacial score (nSPS) is 12.7. The molecule has 1 aromatic carbocycles. The van der Waals surface area contributed by atoms with Gasteiger partial charge in [-0.1, -0.05) is 19.1 Å². The molecule has 3 aromatic rings. The van der Waals surface area contributed by atoms with Gasteiger partial charge < -0.3 is 9.84 Å². The highest BCUT2D eigenvalue weighted by atomic mass is 32.1. The summed E-state index contributed by atoms with van der Waals surface area (Å²) in [7, 11) is 1.59. The summed E-state index contributed by atoms with van der Waals surface area (Å²) in [5.74, 6) is 1.14. The van der Waals surface area contributed by atoms with Crippen molar-refractivity contribution in [2.75, 3.05) is 6.61 Å². The number of hydrogen-bond donors (Lipinski definition) is 1. The summed E-state index contributed by atoms with van der Waals surface area (Å²) in [6, 6.07) is 7.64. The Labute approximate surface area is 196 Å². The number of benzene rings is 1. The third-order valence-electron chi connectivity index (χ3n) is 5.28. The van der Waals surface area contributed by atoms with Gasteiger partial charge in [0.1, 0.15) is 11.6 Å². The van der Waals surface area contributed by atoms with E-state index >= 15 is 0 Å². The Morgan fingerprint density at radius 3 is 2.67 bits per heavy atom. The van der Waals surface area contributed by atoms with E-state index in [0.717, 1.165) is 20.0 Å². The molecule has 0 amide bonds. The molecule has 8 nitrogen and oxygen atoms in total. The Hall–Kier alpha value is -3.04. The van der Waals surface area contributed by atoms with Gasteiger partial charge in [-0.25, -0.2) is 9.78 Å². The van der Waals surface area contributed by atoms with Crippen LogP contribution >= 0.6 is 11.3 Å². The fourth-order valence-corrected chi connectivity index (χ4v) is 4.39. The Kier molecular flexibility index (Phi) is 7.99. The molecule has 0 radical (unpaired) electrons. The van der Waals surface area contributed by atoms with Crippen molar-refractivity contribution in [3.8, 4) is 5.75 Å². The van der Waals surface area contributed by atoms with Gasteiger partial charge in [-0.15, -0.1) is 11.3 Å². The standard InChI is InChI=1S/C24H30N4O4S/c1-15-8-6-9-19(12-15)32-22(16(2)13-20-25-14-17(3)33-20)26-21-18(4)23(30)28(10-7-11-29)24(31)27(21)5/h6,8-9,12,14,16,29H,7,10-11,13H2,1-5H3. The lowest BCUT2D eigenvalue weighted by Crippen LogP contribution is -2.40. The SMILES string of the molecule is Cc1cccc(OC(=Nc2c(C)c(=O)n(CCCO)c(=O)n2C)C(C)Cc2ncc(C)s2)c1. The smallest absolute Gasteiger partial charge is 0.332 e. The Balaban J connectivity index is 2.08. The molecule has 0 aliphatic rings. The van der Waals surface area contributed by atoms with E-state index in [9.17, 15) is 9.59 Å². The quantitative estimate of drug-likeness (QED) is 0.402. The van der Waals surface area contributed by atoms with Gasteiger partial charge in [-0.2, -0.15) is 4.99 Å². The van der Waals surface area contributed by atoms with E-state index in [1.165, 1.54) is 4.57 Å². The van der Waals surface area contributed by atoms with Crippen LogP contribution in [-0.2, 0) is 20.0 Å². The highest BCUT2D eigenvalue weighted by Crippen LogP contribution is 2.22. The number of aromatic nitrogens is 3. The van der Waals surface area contributed by atoms with Crippen molar-refractivity contribution in [3.05, 3.63) is 72.3 Å². The molecule has 3 rings (SSSR count). The minimum absolute atomic E-state index is 0.100. The highest BCUT2D eigenvalue weighted by molar-refractivity contribution is 7.11. The molecule has 0 aliphatic heterocycles. The number of aliphatic hydroxyl groups excluding tert-OH is 1. The number of hydrogen-bond acceptors (Lipinski definition) is 7. The van der Waals surface area contributed by atoms with E-state index in [-0.39, 0.29) is 24.9 Å². The third-order valence-corrected chi connectivity index (χ3v) is 6.21. The first-order valence-corrected chi connectivity index (χ1v) is 11.7. The van der Waals surface area contributed by atoms with E-state index in [1.54, 1.807) is 25.3 Å². The number of aliphatic imine (C=N–C) groups is 1. The van der Waals surface area contributed by atoms with Gasteiger partial charge in [0.15, 0.2) is 5.90 Å². The lowest BCUT2D eigenvalue weighted by atomic mass is 10.1. The van der Waals surface area contributed by atoms with Crippen LogP contribution in [0.5, 0.6) is 5.75 Å². The fourth-order valence-electron chi connectivity index (χ4n) is 3.48. The van der Waals surface area contributed by atoms with Crippen molar-refractivity contribution >= 4 is 23.1 Å². The average Bonchev–Trinajstić information content (AvgIpc) is 3.19. The van der Waals surface area contributed by atoms with Crippen LogP contribution < -0.4 is 16.0 Å². The van der Waals surface area contributed by atoms with Gasteiger partial charge in [-0.3, -0.25) is 13.9 Å². The number of rotatable bonds is 8. The molecular formula is C24H30N4O4S. The monoisotopic (exact) mass is 470 g/mol. The summed E-state index contributed by atoms with van der Waals surface area (Å²) in [6.07, 6.45) is 2.78. The zero-order valence-electron chi connectivity index (χ0n) is 19.7. The van der Waals surface area contributed by atoms with E-state index in [2.05, 4.69) is 4.98 Å². The van der Waals surface area contributed by atoms with Gasteiger partial charge >= 0.3 is 5.69 Å². The van der Waals surface area contributed by atoms with Crippen molar-refractivity contribution in [2.24, 2.45) is 18.0 Å². The molecule has 0 aliphatic carbocycles. The molecule has 1 N–H and O–H groups in total. The van der Waals surface area contributed by atoms with Crippen molar-refractivity contribution in [2.45, 2.75) is 47.1 Å². The highest BCUT2D eigenvalue weighted by Gasteiger charge is 2.20. The van der Waals surface area contributed by atoms with Gasteiger partial charge in [0.05, 0.1) is 10.6 Å². The summed E-state index contributed by atoms with van der Waals surface area (Å²) in [4.78, 5) is 36.0. The maximum Gasteiger partial charge on any atom is 0.332 e. The van der Waals surface area contributed by atoms with Crippen molar-refractivity contribution in [1.82, 2.24) is 14.1 Å². The van der Waals surface area contributed by atoms with Crippen LogP contribution in [0.15, 0.2) is 45.0 Å². The van der Waals surface area contributed by atoms with Gasteiger partial charge in [0, 0.05) is 43.6 Å². The van der Waals surface area contributed by atoms with E-state index in [0.29, 0.717) is 30.1 Å². The van der Waals surface area contributed by atoms with Crippen LogP contribution in [0.3, 0.4) is 0 Å². The first-order valence-electron chi connectivity index (χ1n) is 10.9. The zero-order chi connectivity index (χ0) is 24.1. The number of aliphatic hydroxyl groups is 1. The minimum Gasteiger partial charge on any atom is -0.443 e. The van der Waals surface area contributed by atoms with E-state index in [1.807, 2.05) is 51.2 Å². The second-order valence-corrected chi connectivity index (χ2v) is 9.48. The van der Waals surface area contributed by atoms with Crippen LogP contribution in [0.4, 0.5) is 5.82 Å². The lowest BCUT2D eigenvalue weighted by molar-refractivity contribution is 0.277. The maximum absolute atomic E-state index is 12.9. The van der Waals surface area contributed by atoms with Gasteiger partial charge in [-0.05, 0) is 44.9 Å². The van der Waals surface area contributed by atoms with Crippen LogP contribution in [-0.4, -0.2) is 31.7 Å². The largest absolute Gasteiger partial charge is 0.443 e. The zero-order valence-corrected chi connectivity index (χ0v) is 20.5. The predicted octanol–water partition coefficient (Wildman–Crippen LogP) is 3.30. The van der Waals surface area contributed by atoms with Gasteiger partial charge in [0.2, 0.25) is 0 Å². The van der Waals surface area contributed by atoms with Crippen LogP contribution in [0, 0.1) is 26.7 Å². The van der Waals surface area contributed by atoms with Crippen molar-refractivity contribution < 1.29 is 9.84 Å². The third kappa shape index (κ3) is 5.85. The summed E-state index contributed by atoms with van der Waals surface area (Å²) in [5.41, 5.74) is 0.502. The molecule has 0 saturated heterocycles. The Bertz CT molecular complexity index is 1230. The van der Waals surface area contributed by atoms with E-state index < -0.39 is 11.2 Å². The number of thiazole rings is 1. The molecule has 9 heteroatoms. The Morgan fingerprint density at radius 1 is 1.27 bits per heavy atom. The first-order chi connectivity index (χ1) is 15.7. The van der Waals surface area contributed by atoms with E-state index in [4.69, 9.17) is 14.8 Å². The molecule has 0 fully saturated rings. The van der Waals surface area contributed by atoms with Crippen LogP contribution in [0.1, 0.15) is 34.4 Å². The van der Waals surface area contributed by atoms with Gasteiger partial charge in [0.25, 0.3) is 5.56 Å². The summed E-state index contributed by atoms with van der Waals surface area (Å²) >= 11 is 1.62. The molecule has 2 heterocycles. The topological polar surface area (TPSA) is 98.7 Å². The molecule has 1 atom stereocenters. The summed E-state index contributed by atoms with van der Waals surface area (Å²) in [5, 5.41) is 10.1. The molecule has 176 valence electrons. The van der Waals surface area contributed by atoms with Crippen LogP contribution in [0.2, 0.25) is 0 Å². The minimum atomic E-state index is -0.476. The maximum atomic E-state index is 12.9. The predicted molar refractivity (Wildman–Crippen MR) is 131 cm³/mol. The molecule has 0 saturated carbocycles. The van der Waals surface area contributed by atoms with Crippen molar-refractivity contribution in [3.63, 3.8) is 0 Å². The second kappa shape index (κ2) is 10.7.